The van der Waals surface area contributed by atoms with Crippen LogP contribution >= 0.6 is 0 Å². The number of nitrogens with one attached hydrogen (secondary N) is 1. The molecular weight excluding hydrogens is 194 g/mol. The largest absolute Gasteiger partial charge is 0.355 e. The van der Waals surface area contributed by atoms with Gasteiger partial charge in [0, 0.05) is 16.6 Å². The second kappa shape index (κ2) is 4.56. The number of hydrogen-bond donors (Lipinski definition) is 1. The quantitative estimate of drug-likeness (QED) is 0.770. The van der Waals surface area contributed by atoms with Gasteiger partial charge in [-0.15, -0.1) is 0 Å². The molecule has 1 heteroatoms. The third-order valence-corrected chi connectivity index (χ3v) is 2.90. The molecule has 16 heavy (non-hydrogen) atoms. The zero-order valence-electron chi connectivity index (χ0n) is 10.2. The molecule has 0 atom stereocenters. The average molecular weight is 213 g/mol. The summed E-state index contributed by atoms with van der Waals surface area (Å²) in [5.41, 5.74) is 3.81. The SMILES string of the molecule is Cc1c(C=CCC(C)C)[nH]c2ccccc12. The monoisotopic (exact) mass is 213 g/mol. The lowest BCUT2D eigenvalue weighted by atomic mass is 10.1. The molecule has 2 aromatic rings. The first-order valence-corrected chi connectivity index (χ1v) is 5.92. The fourth-order valence-electron chi connectivity index (χ4n) is 1.93. The van der Waals surface area contributed by atoms with E-state index >= 15 is 0 Å². The van der Waals surface area contributed by atoms with Crippen molar-refractivity contribution in [2.24, 2.45) is 5.92 Å². The van der Waals surface area contributed by atoms with Gasteiger partial charge in [-0.25, -0.2) is 0 Å². The topological polar surface area (TPSA) is 15.8 Å². The predicted molar refractivity (Wildman–Crippen MR) is 71.5 cm³/mol. The van der Waals surface area contributed by atoms with Crippen molar-refractivity contribution in [3.63, 3.8) is 0 Å². The summed E-state index contributed by atoms with van der Waals surface area (Å²) in [6, 6.07) is 8.45. The van der Waals surface area contributed by atoms with Crippen molar-refractivity contribution in [3.05, 3.63) is 41.6 Å². The average Bonchev–Trinajstić information content (AvgIpc) is 2.56. The number of para-hydroxylation sites is 1. The number of rotatable bonds is 3. The second-order valence-electron chi connectivity index (χ2n) is 4.74. The first-order valence-electron chi connectivity index (χ1n) is 5.92. The van der Waals surface area contributed by atoms with Crippen molar-refractivity contribution < 1.29 is 0 Å². The lowest BCUT2D eigenvalue weighted by Crippen LogP contribution is -1.82. The van der Waals surface area contributed by atoms with Gasteiger partial charge in [0.2, 0.25) is 0 Å². The van der Waals surface area contributed by atoms with Crippen LogP contribution in [0.5, 0.6) is 0 Å². The third kappa shape index (κ3) is 2.19. The van der Waals surface area contributed by atoms with E-state index < -0.39 is 0 Å². The minimum atomic E-state index is 0.723. The molecule has 1 nitrogen and oxygen atoms in total. The third-order valence-electron chi connectivity index (χ3n) is 2.90. The van der Waals surface area contributed by atoms with Crippen molar-refractivity contribution in [3.8, 4) is 0 Å². The maximum Gasteiger partial charge on any atom is 0.0461 e. The fourth-order valence-corrected chi connectivity index (χ4v) is 1.93. The first kappa shape index (κ1) is 11.0. The van der Waals surface area contributed by atoms with Gasteiger partial charge in [-0.05, 0) is 37.0 Å². The van der Waals surface area contributed by atoms with Crippen LogP contribution in [-0.4, -0.2) is 4.98 Å². The maximum absolute atomic E-state index is 3.45. The van der Waals surface area contributed by atoms with Crippen LogP contribution in [0.4, 0.5) is 0 Å². The van der Waals surface area contributed by atoms with E-state index in [1.165, 1.54) is 22.2 Å². The van der Waals surface area contributed by atoms with Crippen molar-refractivity contribution >= 4 is 17.0 Å². The van der Waals surface area contributed by atoms with Crippen LogP contribution in [0.1, 0.15) is 31.5 Å². The van der Waals surface area contributed by atoms with E-state index in [0.29, 0.717) is 0 Å². The Morgan fingerprint density at radius 2 is 2.00 bits per heavy atom. The van der Waals surface area contributed by atoms with Crippen LogP contribution in [0.15, 0.2) is 30.3 Å². The molecule has 0 radical (unpaired) electrons. The van der Waals surface area contributed by atoms with Gasteiger partial charge in [0.15, 0.2) is 0 Å². The van der Waals surface area contributed by atoms with Crippen LogP contribution in [0.2, 0.25) is 0 Å². The van der Waals surface area contributed by atoms with Gasteiger partial charge in [0.25, 0.3) is 0 Å². The summed E-state index contributed by atoms with van der Waals surface area (Å²) in [5, 5.41) is 1.33. The van der Waals surface area contributed by atoms with Crippen LogP contribution < -0.4 is 0 Å². The number of benzene rings is 1. The van der Waals surface area contributed by atoms with E-state index in [-0.39, 0.29) is 0 Å². The van der Waals surface area contributed by atoms with Crippen molar-refractivity contribution in [1.82, 2.24) is 4.98 Å². The molecule has 1 aromatic heterocycles. The molecule has 0 aliphatic heterocycles. The molecule has 1 heterocycles. The normalized spacial score (nSPS) is 12.0. The van der Waals surface area contributed by atoms with Gasteiger partial charge in [-0.2, -0.15) is 0 Å². The summed E-state index contributed by atoms with van der Waals surface area (Å²) in [5.74, 6) is 0.723. The number of allylic oxidation sites excluding steroid dienone is 1. The van der Waals surface area contributed by atoms with Gasteiger partial charge in [0.05, 0.1) is 0 Å². The highest BCUT2D eigenvalue weighted by Crippen LogP contribution is 2.22. The number of aromatic nitrogens is 1. The highest BCUT2D eigenvalue weighted by Gasteiger charge is 2.03. The lowest BCUT2D eigenvalue weighted by molar-refractivity contribution is 0.665. The van der Waals surface area contributed by atoms with E-state index in [1.807, 2.05) is 0 Å². The molecular formula is C15H19N. The Morgan fingerprint density at radius 3 is 2.69 bits per heavy atom. The zero-order chi connectivity index (χ0) is 11.5. The van der Waals surface area contributed by atoms with Gasteiger partial charge in [-0.3, -0.25) is 0 Å². The minimum Gasteiger partial charge on any atom is -0.355 e. The van der Waals surface area contributed by atoms with E-state index in [9.17, 15) is 0 Å². The van der Waals surface area contributed by atoms with Crippen molar-refractivity contribution in [2.45, 2.75) is 27.2 Å². The Balaban J connectivity index is 2.31. The minimum absolute atomic E-state index is 0.723. The predicted octanol–water partition coefficient (Wildman–Crippen LogP) is 4.54. The zero-order valence-corrected chi connectivity index (χ0v) is 10.2. The Labute approximate surface area is 97.2 Å². The molecule has 84 valence electrons. The summed E-state index contributed by atoms with van der Waals surface area (Å²) in [7, 11) is 0. The highest BCUT2D eigenvalue weighted by molar-refractivity contribution is 5.86. The van der Waals surface area contributed by atoms with Gasteiger partial charge < -0.3 is 4.98 Å². The molecule has 0 saturated heterocycles. The first-order chi connectivity index (χ1) is 7.68. The molecule has 0 bridgehead atoms. The van der Waals surface area contributed by atoms with E-state index in [4.69, 9.17) is 0 Å². The maximum atomic E-state index is 3.45. The number of H-pyrrole nitrogens is 1. The summed E-state index contributed by atoms with van der Waals surface area (Å²) in [6.45, 7) is 6.65. The van der Waals surface area contributed by atoms with Gasteiger partial charge in [-0.1, -0.05) is 38.1 Å². The Morgan fingerprint density at radius 1 is 1.25 bits per heavy atom. The molecule has 0 aliphatic rings. The Bertz CT molecular complexity index is 503. The smallest absolute Gasteiger partial charge is 0.0461 e. The fraction of sp³-hybridized carbons (Fsp3) is 0.333. The molecule has 0 fully saturated rings. The van der Waals surface area contributed by atoms with Crippen LogP contribution in [0.25, 0.3) is 17.0 Å². The van der Waals surface area contributed by atoms with E-state index in [2.05, 4.69) is 62.2 Å². The van der Waals surface area contributed by atoms with Gasteiger partial charge >= 0.3 is 0 Å². The molecule has 0 spiro atoms. The second-order valence-corrected chi connectivity index (χ2v) is 4.74. The van der Waals surface area contributed by atoms with Crippen LogP contribution in [0, 0.1) is 12.8 Å². The molecule has 0 saturated carbocycles. The van der Waals surface area contributed by atoms with Crippen molar-refractivity contribution in [1.29, 1.82) is 0 Å². The van der Waals surface area contributed by atoms with Gasteiger partial charge in [0.1, 0.15) is 0 Å². The molecule has 1 aromatic carbocycles. The number of aryl methyl sites for hydroxylation is 1. The van der Waals surface area contributed by atoms with Crippen LogP contribution in [0.3, 0.4) is 0 Å². The molecule has 0 amide bonds. The van der Waals surface area contributed by atoms with Crippen LogP contribution in [-0.2, 0) is 0 Å². The summed E-state index contributed by atoms with van der Waals surface area (Å²) in [6.07, 6.45) is 5.59. The molecule has 1 N–H and O–H groups in total. The Kier molecular flexibility index (Phi) is 3.14. The molecule has 2 rings (SSSR count). The number of hydrogen-bond acceptors (Lipinski definition) is 0. The molecule has 0 aliphatic carbocycles. The summed E-state index contributed by atoms with van der Waals surface area (Å²) >= 11 is 0. The van der Waals surface area contributed by atoms with E-state index in [0.717, 1.165) is 12.3 Å². The van der Waals surface area contributed by atoms with Crippen molar-refractivity contribution in [2.75, 3.05) is 0 Å². The molecule has 0 unspecified atom stereocenters. The standard InChI is InChI=1S/C15H19N/c1-11(2)7-6-10-14-12(3)13-8-4-5-9-15(13)16-14/h4-6,8-11,16H,7H2,1-3H3. The Hall–Kier alpha value is -1.50. The van der Waals surface area contributed by atoms with E-state index in [1.54, 1.807) is 0 Å². The lowest BCUT2D eigenvalue weighted by Gasteiger charge is -1.96. The highest BCUT2D eigenvalue weighted by atomic mass is 14.7. The number of aromatic amines is 1. The number of fused-ring (bicyclic) bond motifs is 1. The summed E-state index contributed by atoms with van der Waals surface area (Å²) < 4.78 is 0. The summed E-state index contributed by atoms with van der Waals surface area (Å²) in [4.78, 5) is 3.45.